The van der Waals surface area contributed by atoms with E-state index in [1.165, 1.54) is 50.1 Å². The third-order valence-corrected chi connectivity index (χ3v) is 20.4. The highest BCUT2D eigenvalue weighted by Crippen LogP contribution is 2.36. The van der Waals surface area contributed by atoms with Crippen LogP contribution in [0.5, 0.6) is 0 Å². The van der Waals surface area contributed by atoms with Gasteiger partial charge in [-0.05, 0) is 156 Å². The molecule has 0 amide bonds. The Morgan fingerprint density at radius 2 is 0.580 bits per heavy atom. The number of fused-ring (bicyclic) bond motifs is 13. The molecule has 12 heterocycles. The summed E-state index contributed by atoms with van der Waals surface area (Å²) in [4.78, 5) is 81.8. The summed E-state index contributed by atoms with van der Waals surface area (Å²) in [7, 11) is 3.73. The monoisotopic (exact) mass is 1580 g/mol. The van der Waals surface area contributed by atoms with Crippen molar-refractivity contribution in [3.8, 4) is 67.3 Å². The van der Waals surface area contributed by atoms with Gasteiger partial charge in [0.15, 0.2) is 34.9 Å². The lowest BCUT2D eigenvalue weighted by molar-refractivity contribution is 0.508. The van der Waals surface area contributed by atoms with Gasteiger partial charge in [0.2, 0.25) is 5.95 Å². The average Bonchev–Trinajstić information content (AvgIpc) is 1.39. The fourth-order valence-electron chi connectivity index (χ4n) is 14.7. The van der Waals surface area contributed by atoms with E-state index in [9.17, 15) is 45.5 Å². The van der Waals surface area contributed by atoms with Crippen molar-refractivity contribution < 1.29 is 26.3 Å². The summed E-state index contributed by atoms with van der Waals surface area (Å²) in [5, 5.41) is 15.6. The molecule has 26 heteroatoms. The SMILES string of the molecule is Cn1cc(-c2ccc3ncc4ccc(=O)n(-c5ccc(F)c(F)c5)c4c3c2)cn1.Cn1cc(-c2ccc3ncc4ccc(=O)n(-c5ccccc5)c4c3c2)cn1.Nc1ncc(-c2ccc3ncc4ccc(=O)n(-c5ccc(F)c(F)c5)c4c3c2)cn1.O=c1ccc2cnc3ccc(-c4cnc5ccccc5c4)cc3c2n1-c1ccc(F)c(F)c1. The van der Waals surface area contributed by atoms with Crippen LogP contribution in [0.15, 0.2) is 324 Å². The van der Waals surface area contributed by atoms with E-state index in [0.29, 0.717) is 54.6 Å². The van der Waals surface area contributed by atoms with E-state index in [2.05, 4.69) is 57.2 Å². The molecule has 0 saturated heterocycles. The van der Waals surface area contributed by atoms with Gasteiger partial charge in [-0.1, -0.05) is 60.7 Å². The molecule has 9 aromatic carbocycles. The number of nitrogens with two attached hydrogens (primary N) is 1. The van der Waals surface area contributed by atoms with E-state index in [-0.39, 0.29) is 45.2 Å². The smallest absolute Gasteiger partial charge is 0.255 e. The molecule has 0 fully saturated rings. The first kappa shape index (κ1) is 74.2. The number of hydrogen-bond acceptors (Lipinski definition) is 14. The molecule has 0 aliphatic heterocycles. The first-order valence-electron chi connectivity index (χ1n) is 36.9. The van der Waals surface area contributed by atoms with Crippen LogP contribution in [0.4, 0.5) is 32.3 Å². The van der Waals surface area contributed by atoms with Gasteiger partial charge < -0.3 is 5.73 Å². The van der Waals surface area contributed by atoms with Gasteiger partial charge in [0, 0.05) is 189 Å². The Morgan fingerprint density at radius 1 is 0.252 bits per heavy atom. The maximum absolute atomic E-state index is 14.0. The highest BCUT2D eigenvalue weighted by atomic mass is 19.2. The number of benzene rings is 9. The van der Waals surface area contributed by atoms with E-state index < -0.39 is 34.9 Å². The zero-order valence-electron chi connectivity index (χ0n) is 62.6. The zero-order chi connectivity index (χ0) is 81.9. The minimum absolute atomic E-state index is 0.0621. The summed E-state index contributed by atoms with van der Waals surface area (Å²) >= 11 is 0. The van der Waals surface area contributed by atoms with Crippen LogP contribution in [0.3, 0.4) is 0 Å². The minimum atomic E-state index is -1.03. The lowest BCUT2D eigenvalue weighted by Crippen LogP contribution is -2.18. The molecule has 119 heavy (non-hydrogen) atoms. The Balaban J connectivity index is 0.000000109. The third-order valence-electron chi connectivity index (χ3n) is 20.4. The highest BCUT2D eigenvalue weighted by Gasteiger charge is 2.20. The molecule has 12 aromatic heterocycles. The molecule has 0 spiro atoms. The van der Waals surface area contributed by atoms with Crippen molar-refractivity contribution in [3.63, 3.8) is 0 Å². The van der Waals surface area contributed by atoms with E-state index in [1.807, 2.05) is 172 Å². The van der Waals surface area contributed by atoms with Gasteiger partial charge in [0.25, 0.3) is 22.2 Å². The van der Waals surface area contributed by atoms with E-state index in [1.54, 1.807) is 75.4 Å². The fraction of sp³-hybridized carbons (Fsp3) is 0.0215. The maximum atomic E-state index is 14.0. The second-order valence-corrected chi connectivity index (χ2v) is 27.9. The number of nitrogen functional groups attached to an aromatic ring is 1. The Morgan fingerprint density at radius 3 is 0.941 bits per heavy atom. The molecular weight excluding hydrogens is 1520 g/mol. The molecule has 0 aliphatic carbocycles. The van der Waals surface area contributed by atoms with E-state index in [0.717, 1.165) is 130 Å². The molecular formula is C93H58F6N16O4. The van der Waals surface area contributed by atoms with Gasteiger partial charge in [-0.25, -0.2) is 36.3 Å². The van der Waals surface area contributed by atoms with Gasteiger partial charge in [0.1, 0.15) is 0 Å². The average molecular weight is 1580 g/mol. The third kappa shape index (κ3) is 14.2. The molecule has 0 bridgehead atoms. The van der Waals surface area contributed by atoms with Gasteiger partial charge in [0.05, 0.1) is 79.1 Å². The Kier molecular flexibility index (Phi) is 19.1. The lowest BCUT2D eigenvalue weighted by atomic mass is 10.0. The van der Waals surface area contributed by atoms with Crippen LogP contribution in [0.2, 0.25) is 0 Å². The minimum Gasteiger partial charge on any atom is -0.368 e. The van der Waals surface area contributed by atoms with Gasteiger partial charge in [-0.2, -0.15) is 10.2 Å². The molecule has 0 saturated carbocycles. The van der Waals surface area contributed by atoms with Crippen molar-refractivity contribution in [2.75, 3.05) is 5.73 Å². The predicted molar refractivity (Wildman–Crippen MR) is 450 cm³/mol. The first-order valence-corrected chi connectivity index (χ1v) is 36.9. The number of para-hydroxylation sites is 2. The number of nitrogens with zero attached hydrogens (tertiary/aromatic N) is 15. The van der Waals surface area contributed by atoms with Crippen LogP contribution in [0.1, 0.15) is 0 Å². The summed E-state index contributed by atoms with van der Waals surface area (Å²) in [5.74, 6) is -5.81. The molecule has 0 aliphatic rings. The zero-order valence-corrected chi connectivity index (χ0v) is 62.6. The molecule has 20 nitrogen and oxygen atoms in total. The Bertz CT molecular complexity index is 7950. The molecule has 0 radical (unpaired) electrons. The largest absolute Gasteiger partial charge is 0.368 e. The van der Waals surface area contributed by atoms with Crippen molar-refractivity contribution in [2.45, 2.75) is 0 Å². The van der Waals surface area contributed by atoms with E-state index >= 15 is 0 Å². The topological polar surface area (TPSA) is 240 Å². The van der Waals surface area contributed by atoms with Gasteiger partial charge >= 0.3 is 0 Å². The number of rotatable bonds is 8. The van der Waals surface area contributed by atoms with Crippen LogP contribution < -0.4 is 28.0 Å². The number of anilines is 1. The number of hydrogen-bond donors (Lipinski definition) is 1. The molecule has 21 rings (SSSR count). The van der Waals surface area contributed by atoms with Crippen LogP contribution in [-0.4, -0.2) is 72.7 Å². The molecule has 21 aromatic rings. The Hall–Kier alpha value is -16.3. The highest BCUT2D eigenvalue weighted by molar-refractivity contribution is 6.09. The first-order chi connectivity index (χ1) is 57.8. The molecule has 0 atom stereocenters. The van der Waals surface area contributed by atoms with Gasteiger partial charge in [-0.3, -0.25) is 71.7 Å². The van der Waals surface area contributed by atoms with Crippen molar-refractivity contribution in [3.05, 3.63) is 381 Å². The van der Waals surface area contributed by atoms with Crippen LogP contribution >= 0.6 is 0 Å². The van der Waals surface area contributed by atoms with Crippen LogP contribution in [0, 0.1) is 34.9 Å². The van der Waals surface area contributed by atoms with Crippen LogP contribution in [-0.2, 0) is 14.1 Å². The van der Waals surface area contributed by atoms with Gasteiger partial charge in [-0.15, -0.1) is 0 Å². The van der Waals surface area contributed by atoms with Crippen molar-refractivity contribution in [1.29, 1.82) is 0 Å². The summed E-state index contributed by atoms with van der Waals surface area (Å²) in [6.07, 6.45) is 19.3. The Labute approximate surface area is 667 Å². The summed E-state index contributed by atoms with van der Waals surface area (Å²) in [6, 6.07) is 65.6. The second-order valence-electron chi connectivity index (χ2n) is 27.9. The standard InChI is InChI=1S/C27H15F2N3O.C22H13F2N5O.C22H14F2N4O.C22H16N4O/c28-22-8-7-20(13-23(22)29)32-26(33)10-6-18-14-31-25-9-5-16(12-21(25)27(18)32)19-11-17-3-1-2-4-24(17)30-15-19;23-17-4-3-15(8-18(17)24)29-20(30)6-2-13-9-26-19-5-1-12(7-16(19)21(13)29)14-10-27-22(25)28-11-14;1-27-12-15(11-26-27)13-2-6-20-17(8-13)22-14(10-25-20)3-7-21(29)28(22)16-4-5-18(23)19(24)9-16;1-25-14-17(13-24-25)15-7-9-20-19(11-15)22-16(12-23-20)8-10-21(27)26(22)18-5-3-2-4-6-18/h1-15H;1-11H,(H2,25,27,28);2-12H,1H3;2-14H,1H3. The fourth-order valence-corrected chi connectivity index (χ4v) is 14.7. The van der Waals surface area contributed by atoms with Crippen LogP contribution in [0.25, 0.3) is 165 Å². The van der Waals surface area contributed by atoms with Crippen molar-refractivity contribution >= 4 is 104 Å². The van der Waals surface area contributed by atoms with Crippen molar-refractivity contribution in [2.24, 2.45) is 14.1 Å². The molecule has 2 N–H and O–H groups in total. The quantitative estimate of drug-likeness (QED) is 0.110. The summed E-state index contributed by atoms with van der Waals surface area (Å²) in [5.41, 5.74) is 19.6. The summed E-state index contributed by atoms with van der Waals surface area (Å²) < 4.78 is 91.6. The molecule has 576 valence electrons. The number of halogens is 6. The number of pyridine rings is 9. The van der Waals surface area contributed by atoms with E-state index in [4.69, 9.17) is 5.73 Å². The normalized spacial score (nSPS) is 11.4. The summed E-state index contributed by atoms with van der Waals surface area (Å²) in [6.45, 7) is 0. The second kappa shape index (κ2) is 30.6. The molecule has 0 unspecified atom stereocenters. The number of aryl methyl sites for hydroxylation is 2. The predicted octanol–water partition coefficient (Wildman–Crippen LogP) is 18.0. The maximum Gasteiger partial charge on any atom is 0.255 e. The lowest BCUT2D eigenvalue weighted by Gasteiger charge is -2.13. The number of aromatic nitrogens is 15. The van der Waals surface area contributed by atoms with Crippen molar-refractivity contribution in [1.82, 2.24) is 72.7 Å².